The van der Waals surface area contributed by atoms with Crippen LogP contribution in [0.5, 0.6) is 11.5 Å². The predicted octanol–water partition coefficient (Wildman–Crippen LogP) is 1.51. The zero-order valence-electron chi connectivity index (χ0n) is 14.2. The summed E-state index contributed by atoms with van der Waals surface area (Å²) in [5.74, 6) is 0.861. The first-order chi connectivity index (χ1) is 12.2. The van der Waals surface area contributed by atoms with Crippen molar-refractivity contribution < 1.29 is 26.3 Å². The van der Waals surface area contributed by atoms with Crippen LogP contribution in [0.4, 0.5) is 5.69 Å². The highest BCUT2D eigenvalue weighted by atomic mass is 32.2. The third-order valence-corrected chi connectivity index (χ3v) is 6.92. The van der Waals surface area contributed by atoms with E-state index in [1.54, 1.807) is 0 Å². The molecule has 0 unspecified atom stereocenters. The van der Waals surface area contributed by atoms with Gasteiger partial charge in [0.05, 0.1) is 9.79 Å². The summed E-state index contributed by atoms with van der Waals surface area (Å²) in [7, 11) is -4.58. The summed E-state index contributed by atoms with van der Waals surface area (Å²) < 4.78 is 63.5. The number of nitrogens with zero attached hydrogens (tertiary/aromatic N) is 1. The second kappa shape index (κ2) is 6.78. The molecule has 2 aromatic carbocycles. The SMILES string of the molecule is CN(C)S(=O)(=O)c1ccc(NS(=O)(=O)c2ccc3c(c2)OCCO3)cc1. The van der Waals surface area contributed by atoms with E-state index in [0.717, 1.165) is 4.31 Å². The van der Waals surface area contributed by atoms with Crippen molar-refractivity contribution in [2.45, 2.75) is 9.79 Å². The Morgan fingerprint density at radius 1 is 0.846 bits per heavy atom. The number of benzene rings is 2. The standard InChI is InChI=1S/C16H18N2O6S2/c1-18(2)26(21,22)13-5-3-12(4-6-13)17-25(19,20)14-7-8-15-16(11-14)24-10-9-23-15/h3-8,11,17H,9-10H2,1-2H3. The van der Waals surface area contributed by atoms with Crippen LogP contribution in [0.1, 0.15) is 0 Å². The van der Waals surface area contributed by atoms with Crippen LogP contribution >= 0.6 is 0 Å². The molecule has 2 aromatic rings. The summed E-state index contributed by atoms with van der Waals surface area (Å²) in [6.45, 7) is 0.769. The van der Waals surface area contributed by atoms with Gasteiger partial charge in [0.2, 0.25) is 10.0 Å². The van der Waals surface area contributed by atoms with E-state index in [-0.39, 0.29) is 15.5 Å². The summed E-state index contributed by atoms with van der Waals surface area (Å²) in [6, 6.07) is 9.82. The van der Waals surface area contributed by atoms with Crippen molar-refractivity contribution in [3.63, 3.8) is 0 Å². The van der Waals surface area contributed by atoms with Crippen molar-refractivity contribution in [3.8, 4) is 11.5 Å². The number of hydrogen-bond donors (Lipinski definition) is 1. The molecule has 0 saturated heterocycles. The molecule has 1 aliphatic heterocycles. The second-order valence-corrected chi connectivity index (χ2v) is 9.56. The first-order valence-electron chi connectivity index (χ1n) is 7.65. The van der Waals surface area contributed by atoms with Gasteiger partial charge in [0.25, 0.3) is 10.0 Å². The zero-order valence-corrected chi connectivity index (χ0v) is 15.8. The largest absolute Gasteiger partial charge is 0.486 e. The lowest BCUT2D eigenvalue weighted by atomic mass is 10.3. The number of nitrogens with one attached hydrogen (secondary N) is 1. The summed E-state index contributed by atoms with van der Waals surface area (Å²) in [5, 5.41) is 0. The van der Waals surface area contributed by atoms with Crippen molar-refractivity contribution in [2.24, 2.45) is 0 Å². The number of sulfonamides is 2. The van der Waals surface area contributed by atoms with E-state index in [0.29, 0.717) is 24.7 Å². The maximum atomic E-state index is 12.5. The van der Waals surface area contributed by atoms with Crippen molar-refractivity contribution in [2.75, 3.05) is 32.0 Å². The molecule has 1 N–H and O–H groups in total. The fourth-order valence-corrected chi connectivity index (χ4v) is 4.29. The highest BCUT2D eigenvalue weighted by Crippen LogP contribution is 2.32. The number of anilines is 1. The van der Waals surface area contributed by atoms with Gasteiger partial charge in [-0.3, -0.25) is 4.72 Å². The molecule has 0 aliphatic carbocycles. The third-order valence-electron chi connectivity index (χ3n) is 3.71. The van der Waals surface area contributed by atoms with Gasteiger partial charge in [-0.05, 0) is 36.4 Å². The number of ether oxygens (including phenoxy) is 2. The van der Waals surface area contributed by atoms with Crippen LogP contribution in [-0.4, -0.2) is 48.4 Å². The van der Waals surface area contributed by atoms with Crippen LogP contribution in [0.25, 0.3) is 0 Å². The van der Waals surface area contributed by atoms with E-state index < -0.39 is 20.0 Å². The molecule has 0 atom stereocenters. The minimum atomic E-state index is -3.86. The molecule has 10 heteroatoms. The molecule has 0 spiro atoms. The average molecular weight is 398 g/mol. The molecule has 0 fully saturated rings. The Morgan fingerprint density at radius 2 is 1.42 bits per heavy atom. The van der Waals surface area contributed by atoms with Crippen molar-refractivity contribution in [1.29, 1.82) is 0 Å². The smallest absolute Gasteiger partial charge is 0.262 e. The van der Waals surface area contributed by atoms with Crippen LogP contribution < -0.4 is 14.2 Å². The average Bonchev–Trinajstić information content (AvgIpc) is 2.61. The van der Waals surface area contributed by atoms with Gasteiger partial charge in [0, 0.05) is 25.8 Å². The zero-order chi connectivity index (χ0) is 18.9. The lowest BCUT2D eigenvalue weighted by Crippen LogP contribution is -2.22. The molecule has 1 aliphatic rings. The Balaban J connectivity index is 1.84. The number of rotatable bonds is 5. The number of fused-ring (bicyclic) bond motifs is 1. The summed E-state index contributed by atoms with van der Waals surface area (Å²) >= 11 is 0. The Hall–Kier alpha value is -2.30. The van der Waals surface area contributed by atoms with Crippen LogP contribution in [0.3, 0.4) is 0 Å². The molecular weight excluding hydrogens is 380 g/mol. The second-order valence-electron chi connectivity index (χ2n) is 5.72. The summed E-state index contributed by atoms with van der Waals surface area (Å²) in [4.78, 5) is 0.0940. The molecule has 140 valence electrons. The molecule has 0 saturated carbocycles. The van der Waals surface area contributed by atoms with Gasteiger partial charge in [-0.25, -0.2) is 21.1 Å². The van der Waals surface area contributed by atoms with Crippen LogP contribution in [-0.2, 0) is 20.0 Å². The highest BCUT2D eigenvalue weighted by molar-refractivity contribution is 7.92. The molecule has 0 radical (unpaired) electrons. The lowest BCUT2D eigenvalue weighted by Gasteiger charge is -2.19. The molecule has 0 amide bonds. The molecule has 8 nitrogen and oxygen atoms in total. The fourth-order valence-electron chi connectivity index (χ4n) is 2.31. The number of hydrogen-bond acceptors (Lipinski definition) is 6. The van der Waals surface area contributed by atoms with Gasteiger partial charge in [-0.2, -0.15) is 0 Å². The molecule has 3 rings (SSSR count). The van der Waals surface area contributed by atoms with Crippen LogP contribution in [0.15, 0.2) is 52.3 Å². The van der Waals surface area contributed by atoms with Crippen LogP contribution in [0.2, 0.25) is 0 Å². The fraction of sp³-hybridized carbons (Fsp3) is 0.250. The van der Waals surface area contributed by atoms with E-state index in [1.165, 1.54) is 56.6 Å². The van der Waals surface area contributed by atoms with E-state index in [9.17, 15) is 16.8 Å². The highest BCUT2D eigenvalue weighted by Gasteiger charge is 2.21. The Labute approximate surface area is 152 Å². The van der Waals surface area contributed by atoms with Gasteiger partial charge < -0.3 is 9.47 Å². The maximum absolute atomic E-state index is 12.5. The van der Waals surface area contributed by atoms with Crippen molar-refractivity contribution >= 4 is 25.7 Å². The molecule has 0 aromatic heterocycles. The minimum absolute atomic E-state index is 0.0201. The Morgan fingerprint density at radius 3 is 2.04 bits per heavy atom. The summed E-state index contributed by atoms with van der Waals surface area (Å²) in [6.07, 6.45) is 0. The van der Waals surface area contributed by atoms with Gasteiger partial charge in [0.1, 0.15) is 13.2 Å². The topological polar surface area (TPSA) is 102 Å². The maximum Gasteiger partial charge on any atom is 0.262 e. The monoisotopic (exact) mass is 398 g/mol. The van der Waals surface area contributed by atoms with E-state index in [1.807, 2.05) is 0 Å². The molecule has 1 heterocycles. The first kappa shape index (κ1) is 18.5. The quantitative estimate of drug-likeness (QED) is 0.819. The van der Waals surface area contributed by atoms with E-state index in [2.05, 4.69) is 4.72 Å². The molecule has 26 heavy (non-hydrogen) atoms. The van der Waals surface area contributed by atoms with Crippen molar-refractivity contribution in [1.82, 2.24) is 4.31 Å². The van der Waals surface area contributed by atoms with E-state index >= 15 is 0 Å². The Kier molecular flexibility index (Phi) is 4.82. The molecular formula is C16H18N2O6S2. The van der Waals surface area contributed by atoms with Gasteiger partial charge in [-0.15, -0.1) is 0 Å². The van der Waals surface area contributed by atoms with Crippen LogP contribution in [0, 0.1) is 0 Å². The molecule has 0 bridgehead atoms. The predicted molar refractivity (Wildman–Crippen MR) is 95.6 cm³/mol. The van der Waals surface area contributed by atoms with E-state index in [4.69, 9.17) is 9.47 Å². The van der Waals surface area contributed by atoms with Gasteiger partial charge in [0.15, 0.2) is 11.5 Å². The Bertz CT molecular complexity index is 1020. The normalized spacial score (nSPS) is 14.3. The summed E-state index contributed by atoms with van der Waals surface area (Å²) in [5.41, 5.74) is 0.248. The van der Waals surface area contributed by atoms with Gasteiger partial charge >= 0.3 is 0 Å². The van der Waals surface area contributed by atoms with Gasteiger partial charge in [-0.1, -0.05) is 0 Å². The minimum Gasteiger partial charge on any atom is -0.486 e. The lowest BCUT2D eigenvalue weighted by molar-refractivity contribution is 0.171. The third kappa shape index (κ3) is 3.62. The van der Waals surface area contributed by atoms with Crippen molar-refractivity contribution in [3.05, 3.63) is 42.5 Å². The first-order valence-corrected chi connectivity index (χ1v) is 10.6.